The van der Waals surface area contributed by atoms with Gasteiger partial charge in [-0.05, 0) is 30.7 Å². The molecule has 0 unspecified atom stereocenters. The minimum atomic E-state index is -3.12. The Morgan fingerprint density at radius 2 is 2.08 bits per heavy atom. The van der Waals surface area contributed by atoms with Crippen LogP contribution in [0.4, 0.5) is 14.5 Å². The van der Waals surface area contributed by atoms with Gasteiger partial charge in [-0.15, -0.1) is 0 Å². The third kappa shape index (κ3) is 4.67. The maximum Gasteiger partial charge on any atom is 0.238 e. The molecule has 0 bridgehead atoms. The highest BCUT2D eigenvalue weighted by Gasteiger charge is 2.33. The second kappa shape index (κ2) is 7.55. The number of nitrogens with one attached hydrogen (secondary N) is 1. The Labute approximate surface area is 149 Å². The van der Waals surface area contributed by atoms with Crippen molar-refractivity contribution in [3.8, 4) is 0 Å². The predicted octanol–water partition coefficient (Wildman–Crippen LogP) is 2.19. The number of nitrogens with zero attached hydrogens (tertiary/aromatic N) is 1. The largest absolute Gasteiger partial charge is 0.468 e. The molecule has 1 aliphatic heterocycles. The Morgan fingerprint density at radius 1 is 1.27 bits per heavy atom. The van der Waals surface area contributed by atoms with E-state index in [2.05, 4.69) is 5.32 Å². The molecule has 0 aliphatic carbocycles. The summed E-state index contributed by atoms with van der Waals surface area (Å²) in [5.74, 6) is -1.85. The van der Waals surface area contributed by atoms with E-state index in [-0.39, 0.29) is 36.3 Å². The number of benzene rings is 1. The van der Waals surface area contributed by atoms with E-state index in [4.69, 9.17) is 4.42 Å². The molecular formula is C17H18F2N2O4S. The van der Waals surface area contributed by atoms with Crippen LogP contribution >= 0.6 is 0 Å². The topological polar surface area (TPSA) is 79.6 Å². The lowest BCUT2D eigenvalue weighted by atomic mass is 10.2. The van der Waals surface area contributed by atoms with Crippen molar-refractivity contribution >= 4 is 21.4 Å². The van der Waals surface area contributed by atoms with Crippen molar-refractivity contribution in [3.63, 3.8) is 0 Å². The van der Waals surface area contributed by atoms with E-state index in [1.54, 1.807) is 17.0 Å². The molecule has 1 saturated heterocycles. The van der Waals surface area contributed by atoms with E-state index >= 15 is 0 Å². The molecule has 1 amide bonds. The molecule has 1 fully saturated rings. The average Bonchev–Trinajstić information content (AvgIpc) is 3.19. The van der Waals surface area contributed by atoms with Crippen LogP contribution < -0.4 is 5.32 Å². The molecule has 6 nitrogen and oxygen atoms in total. The number of amides is 1. The van der Waals surface area contributed by atoms with Gasteiger partial charge in [-0.2, -0.15) is 0 Å². The molecule has 0 spiro atoms. The van der Waals surface area contributed by atoms with Crippen molar-refractivity contribution in [1.82, 2.24) is 4.90 Å². The minimum absolute atomic E-state index is 0.0217. The number of carbonyl (C=O) groups is 1. The normalized spacial score (nSPS) is 19.0. The van der Waals surface area contributed by atoms with Gasteiger partial charge in [-0.25, -0.2) is 17.2 Å². The van der Waals surface area contributed by atoms with Crippen molar-refractivity contribution in [3.05, 3.63) is 54.0 Å². The number of anilines is 1. The lowest BCUT2D eigenvalue weighted by Gasteiger charge is -2.26. The Bertz CT molecular complexity index is 884. The molecular weight excluding hydrogens is 366 g/mol. The first kappa shape index (κ1) is 18.5. The van der Waals surface area contributed by atoms with Gasteiger partial charge < -0.3 is 9.73 Å². The summed E-state index contributed by atoms with van der Waals surface area (Å²) in [7, 11) is -3.12. The van der Waals surface area contributed by atoms with Crippen LogP contribution in [0, 0.1) is 11.6 Å². The summed E-state index contributed by atoms with van der Waals surface area (Å²) in [6.07, 6.45) is 1.93. The van der Waals surface area contributed by atoms with Gasteiger partial charge in [0.05, 0.1) is 30.9 Å². The van der Waals surface area contributed by atoms with Crippen LogP contribution in [0.5, 0.6) is 0 Å². The van der Waals surface area contributed by atoms with E-state index in [0.717, 1.165) is 12.1 Å². The quantitative estimate of drug-likeness (QED) is 0.826. The fourth-order valence-corrected chi connectivity index (χ4v) is 4.70. The van der Waals surface area contributed by atoms with Crippen LogP contribution in [-0.4, -0.2) is 43.3 Å². The van der Waals surface area contributed by atoms with Crippen LogP contribution in [0.1, 0.15) is 12.2 Å². The van der Waals surface area contributed by atoms with Crippen LogP contribution in [-0.2, 0) is 21.2 Å². The molecule has 2 heterocycles. The number of hydrogen-bond acceptors (Lipinski definition) is 5. The molecule has 140 valence electrons. The Balaban J connectivity index is 1.69. The van der Waals surface area contributed by atoms with E-state index in [9.17, 15) is 22.0 Å². The first-order chi connectivity index (χ1) is 12.3. The molecule has 1 N–H and O–H groups in total. The zero-order chi connectivity index (χ0) is 18.7. The molecule has 0 saturated carbocycles. The van der Waals surface area contributed by atoms with Gasteiger partial charge in [-0.3, -0.25) is 9.69 Å². The lowest BCUT2D eigenvalue weighted by molar-refractivity contribution is -0.118. The highest BCUT2D eigenvalue weighted by Crippen LogP contribution is 2.20. The van der Waals surface area contributed by atoms with E-state index in [1.807, 2.05) is 0 Å². The second-order valence-corrected chi connectivity index (χ2v) is 8.45. The zero-order valence-corrected chi connectivity index (χ0v) is 14.6. The third-order valence-corrected chi connectivity index (χ3v) is 5.96. The third-order valence-electron chi connectivity index (χ3n) is 4.21. The van der Waals surface area contributed by atoms with E-state index in [0.29, 0.717) is 12.2 Å². The van der Waals surface area contributed by atoms with Gasteiger partial charge in [0, 0.05) is 17.8 Å². The number of hydrogen-bond donors (Lipinski definition) is 1. The minimum Gasteiger partial charge on any atom is -0.468 e. The summed E-state index contributed by atoms with van der Waals surface area (Å²) < 4.78 is 55.1. The van der Waals surface area contributed by atoms with Crippen molar-refractivity contribution in [1.29, 1.82) is 0 Å². The monoisotopic (exact) mass is 384 g/mol. The fourth-order valence-electron chi connectivity index (χ4n) is 2.94. The molecule has 1 aromatic carbocycles. The number of rotatable bonds is 6. The second-order valence-electron chi connectivity index (χ2n) is 6.22. The predicted molar refractivity (Wildman–Crippen MR) is 91.2 cm³/mol. The first-order valence-corrected chi connectivity index (χ1v) is 9.86. The van der Waals surface area contributed by atoms with Crippen molar-refractivity contribution in [2.24, 2.45) is 0 Å². The van der Waals surface area contributed by atoms with Gasteiger partial charge in [0.25, 0.3) is 0 Å². The molecule has 1 aromatic heterocycles. The van der Waals surface area contributed by atoms with Crippen molar-refractivity contribution in [2.75, 3.05) is 23.4 Å². The number of carbonyl (C=O) groups excluding carboxylic acids is 1. The zero-order valence-electron chi connectivity index (χ0n) is 13.8. The molecule has 26 heavy (non-hydrogen) atoms. The Morgan fingerprint density at radius 3 is 2.69 bits per heavy atom. The van der Waals surface area contributed by atoms with Crippen LogP contribution in [0.25, 0.3) is 0 Å². The molecule has 3 rings (SSSR count). The number of sulfone groups is 1. The number of furan rings is 1. The lowest BCUT2D eigenvalue weighted by Crippen LogP contribution is -2.41. The highest BCUT2D eigenvalue weighted by atomic mass is 32.2. The summed E-state index contributed by atoms with van der Waals surface area (Å²) in [5, 5.41) is 2.50. The Hall–Kier alpha value is -2.26. The average molecular weight is 384 g/mol. The SMILES string of the molecule is O=C(CN(Cc1ccco1)[C@@H]1CCS(=O)(=O)C1)Nc1ccc(F)c(F)c1. The molecule has 1 atom stereocenters. The van der Waals surface area contributed by atoms with Gasteiger partial charge in [0.15, 0.2) is 21.5 Å². The highest BCUT2D eigenvalue weighted by molar-refractivity contribution is 7.91. The first-order valence-electron chi connectivity index (χ1n) is 8.04. The maximum atomic E-state index is 13.3. The summed E-state index contributed by atoms with van der Waals surface area (Å²) >= 11 is 0. The summed E-state index contributed by atoms with van der Waals surface area (Å²) in [6, 6.07) is 6.22. The summed E-state index contributed by atoms with van der Waals surface area (Å²) in [5.41, 5.74) is 0.130. The van der Waals surface area contributed by atoms with Crippen molar-refractivity contribution < 1.29 is 26.4 Å². The molecule has 2 aromatic rings. The van der Waals surface area contributed by atoms with E-state index in [1.165, 1.54) is 12.3 Å². The van der Waals surface area contributed by atoms with Gasteiger partial charge in [0.1, 0.15) is 5.76 Å². The fraction of sp³-hybridized carbons (Fsp3) is 0.353. The standard InChI is InChI=1S/C17H18F2N2O4S/c18-15-4-3-12(8-16(15)19)20-17(22)10-21(9-14-2-1-6-25-14)13-5-7-26(23,24)11-13/h1-4,6,8,13H,5,7,9-11H2,(H,20,22)/t13-/m1/s1. The molecule has 0 radical (unpaired) electrons. The Kier molecular flexibility index (Phi) is 5.38. The van der Waals surface area contributed by atoms with E-state index < -0.39 is 27.4 Å². The number of halogens is 2. The molecule has 1 aliphatic rings. The molecule has 9 heteroatoms. The van der Waals surface area contributed by atoms with Crippen LogP contribution in [0.2, 0.25) is 0 Å². The van der Waals surface area contributed by atoms with Gasteiger partial charge in [-0.1, -0.05) is 0 Å². The summed E-state index contributed by atoms with van der Waals surface area (Å²) in [4.78, 5) is 14.0. The van der Waals surface area contributed by atoms with Crippen LogP contribution in [0.15, 0.2) is 41.0 Å². The van der Waals surface area contributed by atoms with Crippen LogP contribution in [0.3, 0.4) is 0 Å². The van der Waals surface area contributed by atoms with Gasteiger partial charge in [0.2, 0.25) is 5.91 Å². The van der Waals surface area contributed by atoms with Gasteiger partial charge >= 0.3 is 0 Å². The van der Waals surface area contributed by atoms with Crippen molar-refractivity contribution in [2.45, 2.75) is 19.0 Å². The maximum absolute atomic E-state index is 13.3. The smallest absolute Gasteiger partial charge is 0.238 e. The summed E-state index contributed by atoms with van der Waals surface area (Å²) in [6.45, 7) is 0.179.